The number of hydrogen-bond donors (Lipinski definition) is 0. The summed E-state index contributed by atoms with van der Waals surface area (Å²) >= 11 is 5.20. The highest BCUT2D eigenvalue weighted by Crippen LogP contribution is 2.28. The average Bonchev–Trinajstić information content (AvgIpc) is 2.15. The molecule has 0 fully saturated rings. The number of methoxy groups -OCH3 is 1. The van der Waals surface area contributed by atoms with Crippen LogP contribution < -0.4 is 4.74 Å². The van der Waals surface area contributed by atoms with Crippen LogP contribution in [0.1, 0.15) is 5.56 Å². The van der Waals surface area contributed by atoms with Crippen molar-refractivity contribution in [1.82, 2.24) is 0 Å². The second kappa shape index (κ2) is 5.03. The van der Waals surface area contributed by atoms with Gasteiger partial charge in [0.15, 0.2) is 0 Å². The minimum absolute atomic E-state index is 0.0645. The van der Waals surface area contributed by atoms with Crippen molar-refractivity contribution in [2.24, 2.45) is 0 Å². The molecule has 7 heteroatoms. The van der Waals surface area contributed by atoms with Crippen LogP contribution in [0, 0.1) is 0 Å². The molecular formula is C9H8Cl2O4S. The number of benzene rings is 1. The summed E-state index contributed by atoms with van der Waals surface area (Å²) in [5, 5.41) is -0.580. The van der Waals surface area contributed by atoms with E-state index in [1.807, 2.05) is 0 Å². The minimum Gasteiger partial charge on any atom is -0.495 e. The van der Waals surface area contributed by atoms with E-state index in [0.717, 1.165) is 0 Å². The third-order valence-corrected chi connectivity index (χ3v) is 3.31. The molecule has 0 radical (unpaired) electrons. The predicted molar refractivity (Wildman–Crippen MR) is 60.6 cm³/mol. The van der Waals surface area contributed by atoms with Gasteiger partial charge in [-0.1, -0.05) is 6.07 Å². The molecule has 16 heavy (non-hydrogen) atoms. The predicted octanol–water partition coefficient (Wildman–Crippen LogP) is 1.93. The first-order valence-electron chi connectivity index (χ1n) is 4.14. The maximum Gasteiger partial charge on any atom is 0.264 e. The Morgan fingerprint density at radius 2 is 2.06 bits per heavy atom. The molecule has 0 spiro atoms. The van der Waals surface area contributed by atoms with E-state index in [0.29, 0.717) is 5.56 Å². The quantitative estimate of drug-likeness (QED) is 0.792. The molecule has 0 amide bonds. The summed E-state index contributed by atoms with van der Waals surface area (Å²) in [6.07, 6.45) is -0.0645. The molecule has 4 nitrogen and oxygen atoms in total. The number of carbonyl (C=O) groups excluding carboxylic acids is 1. The number of halogens is 2. The molecule has 0 aromatic heterocycles. The normalized spacial score (nSPS) is 11.2. The summed E-state index contributed by atoms with van der Waals surface area (Å²) < 4.78 is 27.3. The molecule has 0 saturated heterocycles. The summed E-state index contributed by atoms with van der Waals surface area (Å²) in [5.74, 6) is 0.126. The second-order valence-electron chi connectivity index (χ2n) is 2.95. The zero-order valence-corrected chi connectivity index (χ0v) is 10.6. The first-order valence-corrected chi connectivity index (χ1v) is 6.83. The van der Waals surface area contributed by atoms with E-state index < -0.39 is 14.3 Å². The van der Waals surface area contributed by atoms with Gasteiger partial charge in [0.1, 0.15) is 10.6 Å². The van der Waals surface area contributed by atoms with Gasteiger partial charge in [0.25, 0.3) is 9.05 Å². The van der Waals surface area contributed by atoms with Crippen LogP contribution in [0.2, 0.25) is 0 Å². The van der Waals surface area contributed by atoms with Crippen LogP contribution in [0.15, 0.2) is 23.1 Å². The van der Waals surface area contributed by atoms with Gasteiger partial charge in [-0.3, -0.25) is 4.79 Å². The topological polar surface area (TPSA) is 60.4 Å². The van der Waals surface area contributed by atoms with Crippen LogP contribution in [0.4, 0.5) is 0 Å². The van der Waals surface area contributed by atoms with Gasteiger partial charge in [-0.05, 0) is 29.3 Å². The van der Waals surface area contributed by atoms with E-state index in [1.165, 1.54) is 19.2 Å². The Labute approximate surface area is 103 Å². The molecule has 0 aliphatic heterocycles. The highest BCUT2D eigenvalue weighted by molar-refractivity contribution is 8.13. The van der Waals surface area contributed by atoms with E-state index >= 15 is 0 Å². The van der Waals surface area contributed by atoms with Crippen molar-refractivity contribution in [3.8, 4) is 5.75 Å². The Balaban J connectivity index is 3.27. The molecule has 0 unspecified atom stereocenters. The minimum atomic E-state index is -3.91. The molecule has 0 heterocycles. The lowest BCUT2D eigenvalue weighted by molar-refractivity contribution is -0.111. The highest BCUT2D eigenvalue weighted by atomic mass is 35.7. The van der Waals surface area contributed by atoms with Gasteiger partial charge in [0.05, 0.1) is 7.11 Å². The average molecular weight is 283 g/mol. The van der Waals surface area contributed by atoms with E-state index in [2.05, 4.69) is 0 Å². The van der Waals surface area contributed by atoms with Crippen LogP contribution in [-0.2, 0) is 20.3 Å². The zero-order valence-electron chi connectivity index (χ0n) is 8.24. The van der Waals surface area contributed by atoms with E-state index in [4.69, 9.17) is 27.0 Å². The third kappa shape index (κ3) is 3.37. The molecule has 1 aromatic rings. The molecule has 88 valence electrons. The molecule has 0 aliphatic carbocycles. The van der Waals surface area contributed by atoms with Crippen molar-refractivity contribution >= 4 is 36.6 Å². The summed E-state index contributed by atoms with van der Waals surface area (Å²) in [5.41, 5.74) is 0.458. The van der Waals surface area contributed by atoms with Crippen LogP contribution in [-0.4, -0.2) is 20.8 Å². The molecule has 1 rings (SSSR count). The van der Waals surface area contributed by atoms with E-state index in [1.54, 1.807) is 6.07 Å². The fourth-order valence-electron chi connectivity index (χ4n) is 1.18. The third-order valence-electron chi connectivity index (χ3n) is 1.83. The van der Waals surface area contributed by atoms with E-state index in [-0.39, 0.29) is 17.1 Å². The van der Waals surface area contributed by atoms with Crippen LogP contribution in [0.25, 0.3) is 0 Å². The van der Waals surface area contributed by atoms with Gasteiger partial charge in [-0.25, -0.2) is 8.42 Å². The van der Waals surface area contributed by atoms with Gasteiger partial charge in [0.2, 0.25) is 5.24 Å². The maximum absolute atomic E-state index is 11.2. The first-order chi connectivity index (χ1) is 7.34. The molecule has 0 saturated carbocycles. The van der Waals surface area contributed by atoms with E-state index in [9.17, 15) is 13.2 Å². The number of hydrogen-bond acceptors (Lipinski definition) is 4. The highest BCUT2D eigenvalue weighted by Gasteiger charge is 2.17. The summed E-state index contributed by atoms with van der Waals surface area (Å²) in [6.45, 7) is 0. The van der Waals surface area contributed by atoms with Gasteiger partial charge >= 0.3 is 0 Å². The molecule has 0 bridgehead atoms. The summed E-state index contributed by atoms with van der Waals surface area (Å²) in [6, 6.07) is 4.23. The maximum atomic E-state index is 11.2. The standard InChI is InChI=1S/C9H8Cl2O4S/c1-15-7-3-2-6(5-9(10)12)4-8(7)16(11,13)14/h2-4H,5H2,1H3. The van der Waals surface area contributed by atoms with Crippen molar-refractivity contribution < 1.29 is 17.9 Å². The number of carbonyl (C=O) groups is 1. The largest absolute Gasteiger partial charge is 0.495 e. The second-order valence-corrected chi connectivity index (χ2v) is 5.91. The van der Waals surface area contributed by atoms with Crippen molar-refractivity contribution in [3.05, 3.63) is 23.8 Å². The lowest BCUT2D eigenvalue weighted by Crippen LogP contribution is -2.00. The van der Waals surface area contributed by atoms with Crippen LogP contribution in [0.5, 0.6) is 5.75 Å². The Morgan fingerprint density at radius 1 is 1.44 bits per heavy atom. The van der Waals surface area contributed by atoms with Crippen LogP contribution in [0.3, 0.4) is 0 Å². The monoisotopic (exact) mass is 282 g/mol. The van der Waals surface area contributed by atoms with Gasteiger partial charge < -0.3 is 4.74 Å². The van der Waals surface area contributed by atoms with Crippen molar-refractivity contribution in [2.45, 2.75) is 11.3 Å². The fourth-order valence-corrected chi connectivity index (χ4v) is 2.38. The first kappa shape index (κ1) is 13.3. The van der Waals surface area contributed by atoms with Gasteiger partial charge in [-0.15, -0.1) is 0 Å². The lowest BCUT2D eigenvalue weighted by Gasteiger charge is -2.07. The van der Waals surface area contributed by atoms with Crippen LogP contribution >= 0.6 is 22.3 Å². The Morgan fingerprint density at radius 3 is 2.50 bits per heavy atom. The molecular weight excluding hydrogens is 275 g/mol. The Hall–Kier alpha value is -0.780. The zero-order chi connectivity index (χ0) is 12.3. The van der Waals surface area contributed by atoms with Gasteiger partial charge in [-0.2, -0.15) is 0 Å². The van der Waals surface area contributed by atoms with Crippen molar-refractivity contribution in [3.63, 3.8) is 0 Å². The Bertz CT molecular complexity index is 510. The summed E-state index contributed by atoms with van der Waals surface area (Å²) in [7, 11) is 2.64. The molecule has 1 aromatic carbocycles. The molecule has 0 atom stereocenters. The fraction of sp³-hybridized carbons (Fsp3) is 0.222. The number of rotatable bonds is 4. The smallest absolute Gasteiger partial charge is 0.264 e. The van der Waals surface area contributed by atoms with Gasteiger partial charge in [0, 0.05) is 17.1 Å². The molecule has 0 aliphatic rings. The van der Waals surface area contributed by atoms with Crippen molar-refractivity contribution in [1.29, 1.82) is 0 Å². The van der Waals surface area contributed by atoms with Crippen molar-refractivity contribution in [2.75, 3.05) is 7.11 Å². The Kier molecular flexibility index (Phi) is 4.18. The lowest BCUT2D eigenvalue weighted by atomic mass is 10.1. The molecule has 0 N–H and O–H groups in total. The SMILES string of the molecule is COc1ccc(CC(=O)Cl)cc1S(=O)(=O)Cl. The summed E-state index contributed by atoms with van der Waals surface area (Å²) in [4.78, 5) is 10.5. The number of ether oxygens (including phenoxy) is 1.